The molecule has 33 heavy (non-hydrogen) atoms. The molecule has 1 aromatic heterocycles. The first kappa shape index (κ1) is 22.5. The summed E-state index contributed by atoms with van der Waals surface area (Å²) in [6.07, 6.45) is 1.14. The number of benzene rings is 3. The van der Waals surface area contributed by atoms with Crippen LogP contribution in [-0.4, -0.2) is 30.6 Å². The molecule has 4 rings (SSSR count). The van der Waals surface area contributed by atoms with Crippen LogP contribution in [0.15, 0.2) is 71.8 Å². The molecule has 0 spiro atoms. The van der Waals surface area contributed by atoms with E-state index in [1.807, 2.05) is 0 Å². The SMILES string of the molecule is COc1ccc(-c2cccc(S(=O)(=O)n3cc(CCC(=O)O)c4cc(F)ccc43)c2)cc1F. The van der Waals surface area contributed by atoms with Gasteiger partial charge in [-0.25, -0.2) is 21.2 Å². The Morgan fingerprint density at radius 3 is 2.48 bits per heavy atom. The maximum Gasteiger partial charge on any atom is 0.303 e. The number of nitrogens with zero attached hydrogens (tertiary/aromatic N) is 1. The van der Waals surface area contributed by atoms with Crippen molar-refractivity contribution in [3.8, 4) is 16.9 Å². The number of aliphatic carboxylic acids is 1. The van der Waals surface area contributed by atoms with Crippen LogP contribution in [0.5, 0.6) is 5.75 Å². The fourth-order valence-electron chi connectivity index (χ4n) is 3.67. The molecule has 0 bridgehead atoms. The van der Waals surface area contributed by atoms with Gasteiger partial charge in [-0.2, -0.15) is 0 Å². The molecule has 0 saturated heterocycles. The van der Waals surface area contributed by atoms with Crippen molar-refractivity contribution in [2.45, 2.75) is 17.7 Å². The quantitative estimate of drug-likeness (QED) is 0.417. The third-order valence-corrected chi connectivity index (χ3v) is 6.97. The lowest BCUT2D eigenvalue weighted by molar-refractivity contribution is -0.136. The Kier molecular flexibility index (Phi) is 5.90. The number of fused-ring (bicyclic) bond motifs is 1. The average molecular weight is 471 g/mol. The fourth-order valence-corrected chi connectivity index (χ4v) is 5.11. The Bertz CT molecular complexity index is 1480. The summed E-state index contributed by atoms with van der Waals surface area (Å²) in [5.41, 5.74) is 1.58. The third-order valence-electron chi connectivity index (χ3n) is 5.30. The van der Waals surface area contributed by atoms with Crippen molar-refractivity contribution in [1.82, 2.24) is 3.97 Å². The van der Waals surface area contributed by atoms with Gasteiger partial charge in [0.05, 0.1) is 17.5 Å². The minimum Gasteiger partial charge on any atom is -0.494 e. The summed E-state index contributed by atoms with van der Waals surface area (Å²) < 4.78 is 60.9. The van der Waals surface area contributed by atoms with Crippen molar-refractivity contribution in [3.63, 3.8) is 0 Å². The van der Waals surface area contributed by atoms with Crippen molar-refractivity contribution >= 4 is 26.9 Å². The molecule has 9 heteroatoms. The molecule has 170 valence electrons. The molecule has 0 unspecified atom stereocenters. The van der Waals surface area contributed by atoms with E-state index in [4.69, 9.17) is 9.84 Å². The molecule has 1 N–H and O–H groups in total. The highest BCUT2D eigenvalue weighted by molar-refractivity contribution is 7.90. The Balaban J connectivity index is 1.81. The first-order valence-electron chi connectivity index (χ1n) is 9.91. The van der Waals surface area contributed by atoms with Gasteiger partial charge in [0, 0.05) is 18.0 Å². The van der Waals surface area contributed by atoms with Crippen LogP contribution in [0.2, 0.25) is 0 Å². The molecule has 4 aromatic rings. The first-order chi connectivity index (χ1) is 15.7. The highest BCUT2D eigenvalue weighted by Crippen LogP contribution is 2.31. The standard InChI is InChI=1S/C24H19F2NO5S/c1-32-23-9-5-16(12-21(23)26)15-3-2-4-19(11-15)33(30,31)27-14-17(6-10-24(28)29)20-13-18(25)7-8-22(20)27/h2-5,7-9,11-14H,6,10H2,1H3,(H,28,29). The Morgan fingerprint density at radius 1 is 1.03 bits per heavy atom. The normalized spacial score (nSPS) is 11.6. The van der Waals surface area contributed by atoms with E-state index in [0.717, 1.165) is 10.0 Å². The lowest BCUT2D eigenvalue weighted by Gasteiger charge is -2.10. The highest BCUT2D eigenvalue weighted by atomic mass is 32.2. The highest BCUT2D eigenvalue weighted by Gasteiger charge is 2.22. The van der Waals surface area contributed by atoms with Gasteiger partial charge < -0.3 is 9.84 Å². The second kappa shape index (κ2) is 8.67. The molecular formula is C24H19F2NO5S. The maximum absolute atomic E-state index is 14.2. The van der Waals surface area contributed by atoms with Crippen LogP contribution in [0.25, 0.3) is 22.0 Å². The lowest BCUT2D eigenvalue weighted by Crippen LogP contribution is -2.12. The van der Waals surface area contributed by atoms with E-state index in [1.54, 1.807) is 18.2 Å². The number of halogens is 2. The summed E-state index contributed by atoms with van der Waals surface area (Å²) >= 11 is 0. The number of carboxylic acid groups (broad SMARTS) is 1. The van der Waals surface area contributed by atoms with Crippen molar-refractivity contribution in [3.05, 3.63) is 84.1 Å². The molecule has 0 saturated carbocycles. The number of aryl methyl sites for hydroxylation is 1. The molecule has 0 fully saturated rings. The molecule has 6 nitrogen and oxygen atoms in total. The van der Waals surface area contributed by atoms with Crippen molar-refractivity contribution < 1.29 is 31.8 Å². The smallest absolute Gasteiger partial charge is 0.303 e. The van der Waals surface area contributed by atoms with Crippen molar-refractivity contribution in [2.75, 3.05) is 7.11 Å². The number of hydrogen-bond donors (Lipinski definition) is 1. The van der Waals surface area contributed by atoms with Gasteiger partial charge in [0.2, 0.25) is 0 Å². The van der Waals surface area contributed by atoms with Gasteiger partial charge in [-0.1, -0.05) is 18.2 Å². The lowest BCUT2D eigenvalue weighted by atomic mass is 10.1. The minimum absolute atomic E-state index is 0.0446. The van der Waals surface area contributed by atoms with Crippen molar-refractivity contribution in [2.24, 2.45) is 0 Å². The van der Waals surface area contributed by atoms with Gasteiger partial charge in [-0.3, -0.25) is 4.79 Å². The molecule has 3 aromatic carbocycles. The zero-order chi connectivity index (χ0) is 23.8. The third kappa shape index (κ3) is 4.31. The molecule has 0 aliphatic carbocycles. The zero-order valence-electron chi connectivity index (χ0n) is 17.5. The van der Waals surface area contributed by atoms with E-state index in [0.29, 0.717) is 22.1 Å². The van der Waals surface area contributed by atoms with Crippen molar-refractivity contribution in [1.29, 1.82) is 0 Å². The number of carboxylic acids is 1. The first-order valence-corrected chi connectivity index (χ1v) is 11.4. The second-order valence-electron chi connectivity index (χ2n) is 7.39. The number of rotatable bonds is 7. The molecule has 0 atom stereocenters. The Morgan fingerprint density at radius 2 is 1.79 bits per heavy atom. The predicted molar refractivity (Wildman–Crippen MR) is 119 cm³/mol. The van der Waals surface area contributed by atoms with E-state index in [2.05, 4.69) is 0 Å². The van der Waals surface area contributed by atoms with E-state index < -0.39 is 27.6 Å². The van der Waals surface area contributed by atoms with E-state index in [1.165, 1.54) is 49.7 Å². The maximum atomic E-state index is 14.2. The summed E-state index contributed by atoms with van der Waals surface area (Å²) in [5, 5.41) is 9.33. The molecule has 1 heterocycles. The van der Waals surface area contributed by atoms with E-state index in [9.17, 15) is 22.0 Å². The number of ether oxygens (including phenoxy) is 1. The minimum atomic E-state index is -4.12. The average Bonchev–Trinajstić information content (AvgIpc) is 3.16. The number of carbonyl (C=O) groups is 1. The molecule has 0 amide bonds. The summed E-state index contributed by atoms with van der Waals surface area (Å²) in [7, 11) is -2.77. The van der Waals surface area contributed by atoms with Gasteiger partial charge in [0.25, 0.3) is 10.0 Å². The second-order valence-corrected chi connectivity index (χ2v) is 9.20. The number of hydrogen-bond acceptors (Lipinski definition) is 4. The Hall–Kier alpha value is -3.72. The number of methoxy groups -OCH3 is 1. The molecule has 0 radical (unpaired) electrons. The van der Waals surface area contributed by atoms with Gasteiger partial charge >= 0.3 is 5.97 Å². The van der Waals surface area contributed by atoms with Crippen LogP contribution >= 0.6 is 0 Å². The largest absolute Gasteiger partial charge is 0.494 e. The van der Waals surface area contributed by atoms with Crippen LogP contribution in [-0.2, 0) is 21.2 Å². The van der Waals surface area contributed by atoms with Gasteiger partial charge in [0.1, 0.15) is 5.82 Å². The monoisotopic (exact) mass is 471 g/mol. The predicted octanol–water partition coefficient (Wildman–Crippen LogP) is 4.85. The van der Waals surface area contributed by atoms with E-state index >= 15 is 0 Å². The van der Waals surface area contributed by atoms with Crippen LogP contribution in [0.4, 0.5) is 8.78 Å². The van der Waals surface area contributed by atoms with Gasteiger partial charge in [0.15, 0.2) is 11.6 Å². The van der Waals surface area contributed by atoms with Crippen LogP contribution in [0, 0.1) is 11.6 Å². The van der Waals surface area contributed by atoms with Crippen LogP contribution < -0.4 is 4.74 Å². The molecule has 0 aliphatic rings. The van der Waals surface area contributed by atoms with Crippen LogP contribution in [0.3, 0.4) is 0 Å². The van der Waals surface area contributed by atoms with E-state index in [-0.39, 0.29) is 29.0 Å². The van der Waals surface area contributed by atoms with Gasteiger partial charge in [-0.15, -0.1) is 0 Å². The summed E-state index contributed by atoms with van der Waals surface area (Å²) in [6, 6.07) is 14.0. The van der Waals surface area contributed by atoms with Crippen LogP contribution in [0.1, 0.15) is 12.0 Å². The Labute approximate surface area is 188 Å². The summed E-state index contributed by atoms with van der Waals surface area (Å²) in [6.45, 7) is 0. The zero-order valence-corrected chi connectivity index (χ0v) is 18.3. The summed E-state index contributed by atoms with van der Waals surface area (Å²) in [5.74, 6) is -2.11. The summed E-state index contributed by atoms with van der Waals surface area (Å²) in [4.78, 5) is 11.0. The molecular weight excluding hydrogens is 452 g/mol. The van der Waals surface area contributed by atoms with Gasteiger partial charge in [-0.05, 0) is 65.6 Å². The molecule has 0 aliphatic heterocycles. The topological polar surface area (TPSA) is 85.6 Å². The number of aromatic nitrogens is 1. The fraction of sp³-hybridized carbons (Fsp3) is 0.125.